The Hall–Kier alpha value is -2.52. The molecular weight excluding hydrogens is 294 g/mol. The number of nitrogens with one attached hydrogen (secondary N) is 2. The van der Waals surface area contributed by atoms with Crippen LogP contribution in [-0.4, -0.2) is 35.8 Å². The van der Waals surface area contributed by atoms with Crippen LogP contribution in [0.2, 0.25) is 0 Å². The van der Waals surface area contributed by atoms with Crippen molar-refractivity contribution < 1.29 is 15.0 Å². The van der Waals surface area contributed by atoms with E-state index in [1.165, 1.54) is 6.20 Å². The summed E-state index contributed by atoms with van der Waals surface area (Å²) in [7, 11) is 0. The molecule has 0 aliphatic rings. The molecule has 0 spiro atoms. The lowest BCUT2D eigenvalue weighted by Gasteiger charge is -2.05. The topological polar surface area (TPSA) is 105 Å². The number of aliphatic hydroxyl groups excluding tert-OH is 1. The molecule has 0 saturated heterocycles. The molecule has 1 aromatic rings. The molecule has 0 saturated carbocycles. The van der Waals surface area contributed by atoms with E-state index in [0.29, 0.717) is 19.5 Å². The maximum Gasteiger partial charge on any atom is 0.263 e. The Balaban J connectivity index is 2.30. The van der Waals surface area contributed by atoms with E-state index in [4.69, 9.17) is 10.4 Å². The van der Waals surface area contributed by atoms with Gasteiger partial charge in [0.2, 0.25) is 0 Å². The van der Waals surface area contributed by atoms with Crippen molar-refractivity contribution in [3.05, 3.63) is 41.6 Å². The van der Waals surface area contributed by atoms with E-state index in [0.717, 1.165) is 24.8 Å². The van der Waals surface area contributed by atoms with Crippen LogP contribution in [0.3, 0.4) is 0 Å². The summed E-state index contributed by atoms with van der Waals surface area (Å²) in [6.07, 6.45) is 4.58. The summed E-state index contributed by atoms with van der Waals surface area (Å²) < 4.78 is 0. The van der Waals surface area contributed by atoms with Crippen molar-refractivity contribution in [1.82, 2.24) is 10.6 Å². The predicted molar refractivity (Wildman–Crippen MR) is 87.5 cm³/mol. The van der Waals surface area contributed by atoms with Crippen LogP contribution in [0.1, 0.15) is 24.8 Å². The molecule has 0 unspecified atom stereocenters. The SMILES string of the molecule is N#C/C(=C/NCCCCCO)C(=O)NCCc1ccc(O)cc1. The van der Waals surface area contributed by atoms with Gasteiger partial charge >= 0.3 is 0 Å². The van der Waals surface area contributed by atoms with Crippen molar-refractivity contribution in [3.8, 4) is 11.8 Å². The first-order valence-corrected chi connectivity index (χ1v) is 7.68. The van der Waals surface area contributed by atoms with Crippen molar-refractivity contribution >= 4 is 5.91 Å². The molecule has 0 aliphatic heterocycles. The molecule has 0 bridgehead atoms. The van der Waals surface area contributed by atoms with Crippen LogP contribution < -0.4 is 10.6 Å². The van der Waals surface area contributed by atoms with E-state index in [1.54, 1.807) is 24.3 Å². The molecule has 4 N–H and O–H groups in total. The molecule has 0 radical (unpaired) electrons. The Morgan fingerprint density at radius 1 is 1.17 bits per heavy atom. The second-order valence-electron chi connectivity index (χ2n) is 5.08. The third-order valence-corrected chi connectivity index (χ3v) is 3.23. The fraction of sp³-hybridized carbons (Fsp3) is 0.412. The summed E-state index contributed by atoms with van der Waals surface area (Å²) in [6.45, 7) is 1.26. The number of aromatic hydroxyl groups is 1. The number of phenols is 1. The number of hydrogen-bond donors (Lipinski definition) is 4. The number of unbranched alkanes of at least 4 members (excludes halogenated alkanes) is 2. The van der Waals surface area contributed by atoms with Gasteiger partial charge in [-0.15, -0.1) is 0 Å². The Morgan fingerprint density at radius 2 is 1.91 bits per heavy atom. The van der Waals surface area contributed by atoms with Crippen molar-refractivity contribution in [2.24, 2.45) is 0 Å². The Labute approximate surface area is 136 Å². The average Bonchev–Trinajstić information content (AvgIpc) is 2.56. The monoisotopic (exact) mass is 317 g/mol. The molecule has 6 heteroatoms. The number of aliphatic hydroxyl groups is 1. The van der Waals surface area contributed by atoms with Crippen LogP contribution in [0.15, 0.2) is 36.0 Å². The fourth-order valence-electron chi connectivity index (χ4n) is 1.92. The van der Waals surface area contributed by atoms with Gasteiger partial charge in [-0.05, 0) is 43.4 Å². The van der Waals surface area contributed by atoms with E-state index in [-0.39, 0.29) is 17.9 Å². The highest BCUT2D eigenvalue weighted by Crippen LogP contribution is 2.09. The summed E-state index contributed by atoms with van der Waals surface area (Å²) in [6, 6.07) is 8.64. The van der Waals surface area contributed by atoms with Gasteiger partial charge in [0.05, 0.1) is 0 Å². The largest absolute Gasteiger partial charge is 0.508 e. The number of phenolic OH excluding ortho intramolecular Hbond substituents is 1. The maximum absolute atomic E-state index is 11.9. The third kappa shape index (κ3) is 7.88. The van der Waals surface area contributed by atoms with Gasteiger partial charge < -0.3 is 20.8 Å². The van der Waals surface area contributed by atoms with E-state index < -0.39 is 5.91 Å². The predicted octanol–water partition coefficient (Wildman–Crippen LogP) is 1.21. The summed E-state index contributed by atoms with van der Waals surface area (Å²) in [5.41, 5.74) is 1.03. The lowest BCUT2D eigenvalue weighted by Crippen LogP contribution is -2.27. The first kappa shape index (κ1) is 18.5. The zero-order valence-corrected chi connectivity index (χ0v) is 13.1. The molecule has 0 heterocycles. The van der Waals surface area contributed by atoms with Crippen LogP contribution in [0.5, 0.6) is 5.75 Å². The van der Waals surface area contributed by atoms with Gasteiger partial charge in [-0.1, -0.05) is 12.1 Å². The summed E-state index contributed by atoms with van der Waals surface area (Å²) in [5.74, 6) is -0.202. The molecule has 23 heavy (non-hydrogen) atoms. The molecule has 6 nitrogen and oxygen atoms in total. The van der Waals surface area contributed by atoms with Crippen molar-refractivity contribution in [1.29, 1.82) is 5.26 Å². The number of amides is 1. The van der Waals surface area contributed by atoms with Gasteiger partial charge in [0, 0.05) is 25.9 Å². The molecule has 0 aliphatic carbocycles. The Bertz CT molecular complexity index is 547. The summed E-state index contributed by atoms with van der Waals surface area (Å²) >= 11 is 0. The van der Waals surface area contributed by atoms with Gasteiger partial charge in [0.25, 0.3) is 5.91 Å². The van der Waals surface area contributed by atoms with Gasteiger partial charge in [-0.3, -0.25) is 4.79 Å². The molecule has 0 atom stereocenters. The molecule has 0 fully saturated rings. The number of benzene rings is 1. The average molecular weight is 317 g/mol. The smallest absolute Gasteiger partial charge is 0.263 e. The second-order valence-corrected chi connectivity index (χ2v) is 5.08. The Kier molecular flexibility index (Phi) is 8.94. The van der Waals surface area contributed by atoms with Crippen LogP contribution in [-0.2, 0) is 11.2 Å². The fourth-order valence-corrected chi connectivity index (χ4v) is 1.92. The number of rotatable bonds is 10. The number of nitrogens with zero attached hydrogens (tertiary/aromatic N) is 1. The van der Waals surface area contributed by atoms with Gasteiger partial charge in [-0.2, -0.15) is 5.26 Å². The number of carbonyl (C=O) groups is 1. The molecule has 1 rings (SSSR count). The molecule has 0 aromatic heterocycles. The highest BCUT2D eigenvalue weighted by molar-refractivity contribution is 5.97. The lowest BCUT2D eigenvalue weighted by molar-refractivity contribution is -0.117. The molecule has 124 valence electrons. The van der Waals surface area contributed by atoms with Crippen molar-refractivity contribution in [2.45, 2.75) is 25.7 Å². The van der Waals surface area contributed by atoms with E-state index in [2.05, 4.69) is 10.6 Å². The second kappa shape index (κ2) is 11.1. The minimum Gasteiger partial charge on any atom is -0.508 e. The van der Waals surface area contributed by atoms with Gasteiger partial charge in [0.1, 0.15) is 17.4 Å². The normalized spacial score (nSPS) is 10.9. The summed E-state index contributed by atoms with van der Waals surface area (Å²) in [5, 5.41) is 32.5. The van der Waals surface area contributed by atoms with E-state index >= 15 is 0 Å². The minimum atomic E-state index is -0.408. The zero-order chi connectivity index (χ0) is 16.9. The molecule has 1 aromatic carbocycles. The highest BCUT2D eigenvalue weighted by Gasteiger charge is 2.07. The van der Waals surface area contributed by atoms with Crippen LogP contribution in [0, 0.1) is 11.3 Å². The number of hydrogen-bond acceptors (Lipinski definition) is 5. The number of carbonyl (C=O) groups excluding carboxylic acids is 1. The molecule has 1 amide bonds. The van der Waals surface area contributed by atoms with Crippen LogP contribution in [0.25, 0.3) is 0 Å². The van der Waals surface area contributed by atoms with E-state index in [9.17, 15) is 9.90 Å². The van der Waals surface area contributed by atoms with E-state index in [1.807, 2.05) is 6.07 Å². The third-order valence-electron chi connectivity index (χ3n) is 3.23. The van der Waals surface area contributed by atoms with Crippen LogP contribution in [0.4, 0.5) is 0 Å². The quantitative estimate of drug-likeness (QED) is 0.295. The summed E-state index contributed by atoms with van der Waals surface area (Å²) in [4.78, 5) is 11.9. The standard InChI is InChI=1S/C17H23N3O3/c18-12-15(13-19-9-2-1-3-11-21)17(23)20-10-8-14-4-6-16(22)7-5-14/h4-7,13,19,21-22H,1-3,8-11H2,(H,20,23)/b15-13-. The zero-order valence-electron chi connectivity index (χ0n) is 13.1. The van der Waals surface area contributed by atoms with Crippen molar-refractivity contribution in [3.63, 3.8) is 0 Å². The lowest BCUT2D eigenvalue weighted by atomic mass is 10.1. The highest BCUT2D eigenvalue weighted by atomic mass is 16.3. The van der Waals surface area contributed by atoms with Gasteiger partial charge in [0.15, 0.2) is 0 Å². The van der Waals surface area contributed by atoms with Gasteiger partial charge in [-0.25, -0.2) is 0 Å². The van der Waals surface area contributed by atoms with Crippen LogP contribution >= 0.6 is 0 Å². The Morgan fingerprint density at radius 3 is 2.57 bits per heavy atom. The van der Waals surface area contributed by atoms with Crippen molar-refractivity contribution in [2.75, 3.05) is 19.7 Å². The minimum absolute atomic E-state index is 0.0397. The molecular formula is C17H23N3O3. The first-order valence-electron chi connectivity index (χ1n) is 7.68. The first-order chi connectivity index (χ1) is 11.2. The maximum atomic E-state index is 11.9. The number of nitriles is 1.